The molecule has 1 aliphatic heterocycles. The molecule has 0 N–H and O–H groups in total. The summed E-state index contributed by atoms with van der Waals surface area (Å²) >= 11 is 6.71. The second-order valence-corrected chi connectivity index (χ2v) is 11.7. The van der Waals surface area contributed by atoms with Crippen LogP contribution in [0.25, 0.3) is 6.08 Å². The number of nitro groups is 2. The molecule has 0 bridgehead atoms. The quantitative estimate of drug-likeness (QED) is 0.119. The van der Waals surface area contributed by atoms with Gasteiger partial charge in [-0.3, -0.25) is 20.2 Å². The summed E-state index contributed by atoms with van der Waals surface area (Å²) in [4.78, 5) is 24.1. The van der Waals surface area contributed by atoms with Gasteiger partial charge in [0.05, 0.1) is 15.4 Å². The molecule has 0 atom stereocenters. The Bertz CT molecular complexity index is 1610. The van der Waals surface area contributed by atoms with Crippen molar-refractivity contribution in [3.63, 3.8) is 0 Å². The van der Waals surface area contributed by atoms with E-state index >= 15 is 0 Å². The molecule has 5 rings (SSSR count). The summed E-state index contributed by atoms with van der Waals surface area (Å²) < 4.78 is 12.7. The van der Waals surface area contributed by atoms with Gasteiger partial charge in [0.25, 0.3) is 0 Å². The molecule has 0 spiro atoms. The Morgan fingerprint density at radius 2 is 1.20 bits per heavy atom. The molecule has 44 heavy (non-hydrogen) atoms. The zero-order valence-corrected chi connectivity index (χ0v) is 27.2. The Hall–Kier alpha value is -4.22. The zero-order chi connectivity index (χ0) is 31.5. The predicted octanol–water partition coefficient (Wildman–Crippen LogP) is 9.25. The van der Waals surface area contributed by atoms with E-state index in [1.54, 1.807) is 37.3 Å². The molecule has 4 aromatic carbocycles. The Kier molecular flexibility index (Phi) is 11.9. The summed E-state index contributed by atoms with van der Waals surface area (Å²) in [6.07, 6.45) is 6.05. The monoisotopic (exact) mass is 723 g/mol. The fourth-order valence-corrected chi connectivity index (χ4v) is 5.33. The standard InChI is InChI=1S/C19H19BrN2O3.C14H12BrNO3/c20-17-8-9-18(25-14-15-6-2-1-3-7-15)19(22(23)24)16(17)10-13-21-11-4-5-12-21;1-10-12(15)7-8-13(14(10)16(17)18)19-9-11-5-3-2-4-6-11/h1-3,6-10,13H,4-5,11-12,14H2;2-8H,9H2,1H3/b13-10+;. The van der Waals surface area contributed by atoms with Crippen LogP contribution >= 0.6 is 31.9 Å². The SMILES string of the molecule is Cc1c(Br)ccc(OCc2ccccc2)c1[N+](=O)[O-].O=[N+]([O-])c1c(OCc2ccccc2)ccc(Br)c1/C=C/N1CCCC1. The molecule has 9 nitrogen and oxygen atoms in total. The highest BCUT2D eigenvalue weighted by atomic mass is 79.9. The number of benzene rings is 4. The maximum absolute atomic E-state index is 11.7. The molecule has 0 amide bonds. The van der Waals surface area contributed by atoms with Crippen LogP contribution in [-0.2, 0) is 13.2 Å². The van der Waals surface area contributed by atoms with Gasteiger partial charge in [-0.15, -0.1) is 0 Å². The van der Waals surface area contributed by atoms with Crippen molar-refractivity contribution in [1.82, 2.24) is 4.90 Å². The number of nitrogens with zero attached hydrogens (tertiary/aromatic N) is 3. The molecule has 0 radical (unpaired) electrons. The normalized spacial score (nSPS) is 12.5. The van der Waals surface area contributed by atoms with Crippen molar-refractivity contribution in [3.05, 3.63) is 143 Å². The van der Waals surface area contributed by atoms with Crippen LogP contribution in [0.4, 0.5) is 11.4 Å². The van der Waals surface area contributed by atoms with Gasteiger partial charge in [-0.1, -0.05) is 76.6 Å². The number of hydrogen-bond acceptors (Lipinski definition) is 7. The molecule has 0 aliphatic carbocycles. The Morgan fingerprint density at radius 1 is 0.727 bits per heavy atom. The molecule has 1 heterocycles. The summed E-state index contributed by atoms with van der Waals surface area (Å²) in [5.74, 6) is 0.563. The number of rotatable bonds is 10. The summed E-state index contributed by atoms with van der Waals surface area (Å²) in [5, 5.41) is 22.8. The molecule has 1 saturated heterocycles. The molecule has 1 fully saturated rings. The van der Waals surface area contributed by atoms with E-state index in [-0.39, 0.29) is 27.8 Å². The van der Waals surface area contributed by atoms with E-state index in [2.05, 4.69) is 36.8 Å². The maximum Gasteiger partial charge on any atom is 0.319 e. The van der Waals surface area contributed by atoms with Gasteiger partial charge in [-0.2, -0.15) is 0 Å². The number of likely N-dealkylation sites (tertiary alicyclic amines) is 1. The van der Waals surface area contributed by atoms with E-state index in [1.807, 2.05) is 66.9 Å². The number of halogens is 2. The Morgan fingerprint density at radius 3 is 1.70 bits per heavy atom. The minimum Gasteiger partial charge on any atom is -0.482 e. The molecule has 4 aromatic rings. The van der Waals surface area contributed by atoms with Crippen molar-refractivity contribution in [3.8, 4) is 11.5 Å². The fraction of sp³-hybridized carbons (Fsp3) is 0.212. The maximum atomic E-state index is 11.7. The van der Waals surface area contributed by atoms with Crippen molar-refractivity contribution in [2.24, 2.45) is 0 Å². The lowest BCUT2D eigenvalue weighted by Gasteiger charge is -2.12. The molecule has 11 heteroatoms. The van der Waals surface area contributed by atoms with Crippen molar-refractivity contribution < 1.29 is 19.3 Å². The number of ether oxygens (including phenoxy) is 2. The molecule has 228 valence electrons. The van der Waals surface area contributed by atoms with Crippen LogP contribution in [0, 0.1) is 27.2 Å². The summed E-state index contributed by atoms with van der Waals surface area (Å²) in [6.45, 7) is 4.27. The molecule has 0 saturated carbocycles. The second kappa shape index (κ2) is 16.0. The lowest BCUT2D eigenvalue weighted by molar-refractivity contribution is -0.386. The van der Waals surface area contributed by atoms with E-state index in [9.17, 15) is 20.2 Å². The van der Waals surface area contributed by atoms with Crippen molar-refractivity contribution in [1.29, 1.82) is 0 Å². The third-order valence-corrected chi connectivity index (χ3v) is 8.44. The highest BCUT2D eigenvalue weighted by Crippen LogP contribution is 2.38. The molecular formula is C33H31Br2N3O6. The van der Waals surface area contributed by atoms with Gasteiger partial charge in [-0.25, -0.2) is 0 Å². The first-order valence-corrected chi connectivity index (χ1v) is 15.5. The average molecular weight is 725 g/mol. The Balaban J connectivity index is 0.000000209. The largest absolute Gasteiger partial charge is 0.482 e. The van der Waals surface area contributed by atoms with Crippen LogP contribution in [0.5, 0.6) is 11.5 Å². The van der Waals surface area contributed by atoms with Gasteiger partial charge in [0.15, 0.2) is 11.5 Å². The highest BCUT2D eigenvalue weighted by molar-refractivity contribution is 9.10. The van der Waals surface area contributed by atoms with Gasteiger partial charge in [0.1, 0.15) is 13.2 Å². The van der Waals surface area contributed by atoms with Crippen LogP contribution in [0.3, 0.4) is 0 Å². The van der Waals surface area contributed by atoms with Gasteiger partial charge < -0.3 is 14.4 Å². The number of hydrogen-bond donors (Lipinski definition) is 0. The summed E-state index contributed by atoms with van der Waals surface area (Å²) in [6, 6.07) is 25.9. The second-order valence-electron chi connectivity index (χ2n) is 9.95. The lowest BCUT2D eigenvalue weighted by atomic mass is 10.1. The van der Waals surface area contributed by atoms with Crippen LogP contribution in [0.15, 0.2) is 100 Å². The molecule has 0 aromatic heterocycles. The minimum absolute atomic E-state index is 0.00491. The molecule has 1 aliphatic rings. The molecule has 0 unspecified atom stereocenters. The van der Waals surface area contributed by atoms with Gasteiger partial charge >= 0.3 is 11.4 Å². The lowest BCUT2D eigenvalue weighted by Crippen LogP contribution is -2.10. The first-order valence-electron chi connectivity index (χ1n) is 13.9. The first kappa shape index (κ1) is 32.7. The average Bonchev–Trinajstić information content (AvgIpc) is 3.55. The number of nitro benzene ring substituents is 2. The third-order valence-electron chi connectivity index (χ3n) is 6.89. The molecular weight excluding hydrogens is 694 g/mol. The van der Waals surface area contributed by atoms with Crippen LogP contribution in [0.1, 0.15) is 35.1 Å². The van der Waals surface area contributed by atoms with Gasteiger partial charge in [0, 0.05) is 27.6 Å². The topological polar surface area (TPSA) is 108 Å². The van der Waals surface area contributed by atoms with E-state index in [0.29, 0.717) is 33.3 Å². The van der Waals surface area contributed by atoms with Crippen LogP contribution in [-0.4, -0.2) is 27.8 Å². The summed E-state index contributed by atoms with van der Waals surface area (Å²) in [5.41, 5.74) is 3.02. The van der Waals surface area contributed by atoms with E-state index < -0.39 is 4.92 Å². The van der Waals surface area contributed by atoms with Crippen molar-refractivity contribution in [2.45, 2.75) is 33.0 Å². The van der Waals surface area contributed by atoms with E-state index in [1.165, 1.54) is 0 Å². The fourth-order valence-electron chi connectivity index (χ4n) is 4.56. The van der Waals surface area contributed by atoms with E-state index in [0.717, 1.165) is 37.1 Å². The summed E-state index contributed by atoms with van der Waals surface area (Å²) in [7, 11) is 0. The van der Waals surface area contributed by atoms with Crippen molar-refractivity contribution >= 4 is 49.3 Å². The van der Waals surface area contributed by atoms with Crippen LogP contribution < -0.4 is 9.47 Å². The smallest absolute Gasteiger partial charge is 0.319 e. The van der Waals surface area contributed by atoms with E-state index in [4.69, 9.17) is 9.47 Å². The third kappa shape index (κ3) is 8.90. The van der Waals surface area contributed by atoms with Crippen LogP contribution in [0.2, 0.25) is 0 Å². The first-order chi connectivity index (χ1) is 21.2. The predicted molar refractivity (Wildman–Crippen MR) is 178 cm³/mol. The van der Waals surface area contributed by atoms with Crippen molar-refractivity contribution in [2.75, 3.05) is 13.1 Å². The highest BCUT2D eigenvalue weighted by Gasteiger charge is 2.23. The Labute approximate surface area is 272 Å². The van der Waals surface area contributed by atoms with Gasteiger partial charge in [0.2, 0.25) is 0 Å². The minimum atomic E-state index is -0.416. The van der Waals surface area contributed by atoms with Gasteiger partial charge in [-0.05, 0) is 83.4 Å². The zero-order valence-electron chi connectivity index (χ0n) is 24.0.